The molecule has 8 heteroatoms. The Bertz CT molecular complexity index is 746. The predicted octanol–water partition coefficient (Wildman–Crippen LogP) is 1.36. The number of benzene rings is 1. The molecule has 0 aliphatic carbocycles. The molecule has 1 aromatic carbocycles. The van der Waals surface area contributed by atoms with Gasteiger partial charge in [0.15, 0.2) is 0 Å². The Morgan fingerprint density at radius 2 is 1.72 bits per heavy atom. The molecule has 3 amide bonds. The molecule has 0 saturated carbocycles. The number of piperidine rings is 1. The van der Waals surface area contributed by atoms with Gasteiger partial charge in [0, 0.05) is 39.1 Å². The summed E-state index contributed by atoms with van der Waals surface area (Å²) >= 11 is 0. The number of amides is 3. The number of carbonyl (C=O) groups is 3. The number of carbonyl (C=O) groups excluding carboxylic acids is 2. The van der Waals surface area contributed by atoms with Crippen LogP contribution in [0.1, 0.15) is 37.7 Å². The van der Waals surface area contributed by atoms with Crippen LogP contribution >= 0.6 is 0 Å². The summed E-state index contributed by atoms with van der Waals surface area (Å²) in [5.74, 6) is -0.0792. The monoisotopic (exact) mass is 403 g/mol. The Morgan fingerprint density at radius 3 is 2.31 bits per heavy atom. The molecule has 1 atom stereocenters. The van der Waals surface area contributed by atoms with Crippen LogP contribution in [0.5, 0.6) is 0 Å². The summed E-state index contributed by atoms with van der Waals surface area (Å²) in [6.07, 6.45) is 0.140. The zero-order valence-corrected chi connectivity index (χ0v) is 16.8. The first-order valence-electron chi connectivity index (χ1n) is 10.1. The van der Waals surface area contributed by atoms with Crippen molar-refractivity contribution >= 4 is 17.9 Å². The lowest BCUT2D eigenvalue weighted by Crippen LogP contribution is -2.58. The van der Waals surface area contributed by atoms with Crippen molar-refractivity contribution in [2.45, 2.75) is 37.7 Å². The van der Waals surface area contributed by atoms with Crippen molar-refractivity contribution in [2.24, 2.45) is 0 Å². The molecule has 29 heavy (non-hydrogen) atoms. The molecular formula is C21H29N3O5. The van der Waals surface area contributed by atoms with Gasteiger partial charge in [-0.1, -0.05) is 37.3 Å². The summed E-state index contributed by atoms with van der Waals surface area (Å²) < 4.78 is 0. The Morgan fingerprint density at radius 1 is 1.07 bits per heavy atom. The van der Waals surface area contributed by atoms with Crippen molar-refractivity contribution in [3.8, 4) is 0 Å². The summed E-state index contributed by atoms with van der Waals surface area (Å²) in [6, 6.07) is 9.93. The van der Waals surface area contributed by atoms with E-state index in [1.54, 1.807) is 4.90 Å². The van der Waals surface area contributed by atoms with Gasteiger partial charge in [0.05, 0.1) is 5.60 Å². The smallest absolute Gasteiger partial charge is 0.407 e. The summed E-state index contributed by atoms with van der Waals surface area (Å²) in [5.41, 5.74) is 0.0939. The highest BCUT2D eigenvalue weighted by atomic mass is 16.4. The number of piperazine rings is 1. The number of hydrogen-bond acceptors (Lipinski definition) is 4. The number of hydrogen-bond donors (Lipinski definition) is 2. The number of rotatable bonds is 5. The molecule has 0 unspecified atom stereocenters. The third kappa shape index (κ3) is 5.26. The second kappa shape index (κ2) is 8.82. The predicted molar refractivity (Wildman–Crippen MR) is 106 cm³/mol. The first kappa shape index (κ1) is 21.1. The zero-order valence-electron chi connectivity index (χ0n) is 16.8. The van der Waals surface area contributed by atoms with Crippen LogP contribution in [0.4, 0.5) is 4.79 Å². The van der Waals surface area contributed by atoms with Crippen molar-refractivity contribution in [1.82, 2.24) is 14.7 Å². The van der Waals surface area contributed by atoms with Gasteiger partial charge in [-0.2, -0.15) is 0 Å². The van der Waals surface area contributed by atoms with E-state index < -0.39 is 11.7 Å². The molecule has 1 aromatic rings. The third-order valence-corrected chi connectivity index (χ3v) is 5.97. The van der Waals surface area contributed by atoms with Gasteiger partial charge in [-0.3, -0.25) is 14.5 Å². The van der Waals surface area contributed by atoms with E-state index >= 15 is 0 Å². The van der Waals surface area contributed by atoms with E-state index in [2.05, 4.69) is 0 Å². The molecule has 2 N–H and O–H groups in total. The summed E-state index contributed by atoms with van der Waals surface area (Å²) in [6.45, 7) is 3.50. The van der Waals surface area contributed by atoms with Crippen molar-refractivity contribution in [3.05, 3.63) is 35.9 Å². The molecule has 2 heterocycles. The molecular weight excluding hydrogens is 374 g/mol. The fraction of sp³-hybridized carbons (Fsp3) is 0.571. The van der Waals surface area contributed by atoms with Crippen LogP contribution in [-0.4, -0.2) is 87.7 Å². The van der Waals surface area contributed by atoms with Crippen LogP contribution in [0, 0.1) is 0 Å². The minimum absolute atomic E-state index is 0.0783. The highest BCUT2D eigenvalue weighted by Crippen LogP contribution is 2.26. The van der Waals surface area contributed by atoms with Gasteiger partial charge >= 0.3 is 6.09 Å². The minimum Gasteiger partial charge on any atom is -0.465 e. The molecule has 2 saturated heterocycles. The fourth-order valence-corrected chi connectivity index (χ4v) is 4.02. The Kier molecular flexibility index (Phi) is 6.42. The molecule has 2 aliphatic rings. The van der Waals surface area contributed by atoms with E-state index in [1.807, 2.05) is 37.3 Å². The molecule has 0 aromatic heterocycles. The van der Waals surface area contributed by atoms with E-state index in [1.165, 1.54) is 4.90 Å². The van der Waals surface area contributed by atoms with Crippen molar-refractivity contribution in [3.63, 3.8) is 0 Å². The maximum Gasteiger partial charge on any atom is 0.407 e. The van der Waals surface area contributed by atoms with Crippen LogP contribution in [-0.2, 0) is 9.59 Å². The van der Waals surface area contributed by atoms with E-state index in [4.69, 9.17) is 5.11 Å². The number of aliphatic hydroxyl groups is 1. The maximum atomic E-state index is 12.7. The van der Waals surface area contributed by atoms with E-state index in [0.717, 1.165) is 10.5 Å². The molecule has 0 spiro atoms. The van der Waals surface area contributed by atoms with Crippen molar-refractivity contribution < 1.29 is 24.6 Å². The van der Waals surface area contributed by atoms with Crippen LogP contribution in [0.3, 0.4) is 0 Å². The van der Waals surface area contributed by atoms with Crippen LogP contribution < -0.4 is 0 Å². The van der Waals surface area contributed by atoms with Gasteiger partial charge in [0.25, 0.3) is 0 Å². The first-order chi connectivity index (χ1) is 13.8. The average Bonchev–Trinajstić information content (AvgIpc) is 2.70. The van der Waals surface area contributed by atoms with Crippen LogP contribution in [0.2, 0.25) is 0 Å². The topological polar surface area (TPSA) is 101 Å². The van der Waals surface area contributed by atoms with E-state index in [-0.39, 0.29) is 43.9 Å². The van der Waals surface area contributed by atoms with Gasteiger partial charge < -0.3 is 20.0 Å². The summed E-state index contributed by atoms with van der Waals surface area (Å²) in [5, 5.41) is 19.9. The molecule has 0 radical (unpaired) electrons. The minimum atomic E-state index is -1.10. The number of carboxylic acid groups (broad SMARTS) is 1. The van der Waals surface area contributed by atoms with Crippen molar-refractivity contribution in [1.29, 1.82) is 0 Å². The maximum absolute atomic E-state index is 12.7. The van der Waals surface area contributed by atoms with Crippen LogP contribution in [0.25, 0.3) is 0 Å². The van der Waals surface area contributed by atoms with Crippen LogP contribution in [0.15, 0.2) is 30.3 Å². The van der Waals surface area contributed by atoms with E-state index in [9.17, 15) is 19.5 Å². The normalized spacial score (nSPS) is 20.5. The van der Waals surface area contributed by atoms with Crippen molar-refractivity contribution in [2.75, 3.05) is 39.3 Å². The Labute approximate surface area is 170 Å². The van der Waals surface area contributed by atoms with Gasteiger partial charge in [-0.05, 0) is 24.3 Å². The lowest BCUT2D eigenvalue weighted by Gasteiger charge is -2.43. The lowest BCUT2D eigenvalue weighted by atomic mass is 9.89. The molecule has 8 nitrogen and oxygen atoms in total. The Hall–Kier alpha value is -2.61. The average molecular weight is 403 g/mol. The first-order valence-corrected chi connectivity index (χ1v) is 10.1. The fourth-order valence-electron chi connectivity index (χ4n) is 4.02. The summed E-state index contributed by atoms with van der Waals surface area (Å²) in [4.78, 5) is 40.3. The number of β-amino-alcohol motifs (C(OH)–C–C–N with tert-alkyl or cyclic N) is 1. The quantitative estimate of drug-likeness (QED) is 0.773. The second-order valence-electron chi connectivity index (χ2n) is 8.14. The molecule has 2 fully saturated rings. The number of likely N-dealkylation sites (tertiary alicyclic amines) is 1. The summed E-state index contributed by atoms with van der Waals surface area (Å²) in [7, 11) is 0. The highest BCUT2D eigenvalue weighted by Gasteiger charge is 2.38. The standard InChI is InChI=1S/C21H29N3O5/c1-16(17-5-3-2-4-6-17)13-18(25)22-9-7-21(29,8-10-22)15-24-12-11-23(20(27)28)14-19(24)26/h2-6,16,29H,7-15H2,1H3,(H,27,28)/t16-/m1/s1. The highest BCUT2D eigenvalue weighted by molar-refractivity contribution is 5.83. The molecule has 3 rings (SSSR count). The van der Waals surface area contributed by atoms with E-state index in [0.29, 0.717) is 32.4 Å². The third-order valence-electron chi connectivity index (χ3n) is 5.97. The van der Waals surface area contributed by atoms with Gasteiger partial charge in [-0.25, -0.2) is 4.79 Å². The zero-order chi connectivity index (χ0) is 21.0. The van der Waals surface area contributed by atoms with Gasteiger partial charge in [0.2, 0.25) is 11.8 Å². The molecule has 2 aliphatic heterocycles. The Balaban J connectivity index is 1.48. The van der Waals surface area contributed by atoms with Gasteiger partial charge in [-0.15, -0.1) is 0 Å². The lowest BCUT2D eigenvalue weighted by molar-refractivity contribution is -0.144. The second-order valence-corrected chi connectivity index (χ2v) is 8.14. The molecule has 0 bridgehead atoms. The van der Waals surface area contributed by atoms with Gasteiger partial charge in [0.1, 0.15) is 6.54 Å². The SMILES string of the molecule is C[C@H](CC(=O)N1CCC(O)(CN2CCN(C(=O)O)CC2=O)CC1)c1ccccc1. The number of nitrogens with zero attached hydrogens (tertiary/aromatic N) is 3. The largest absolute Gasteiger partial charge is 0.465 e. The molecule has 158 valence electrons.